The molecule has 1 N–H and O–H groups in total. The van der Waals surface area contributed by atoms with Crippen molar-refractivity contribution in [3.05, 3.63) is 103 Å². The van der Waals surface area contributed by atoms with Crippen molar-refractivity contribution in [1.29, 1.82) is 0 Å². The van der Waals surface area contributed by atoms with Crippen molar-refractivity contribution >= 4 is 23.5 Å². The molecular weight excluding hydrogens is 528 g/mol. The maximum absolute atomic E-state index is 12.7. The van der Waals surface area contributed by atoms with Gasteiger partial charge in [-0.05, 0) is 72.9 Å². The minimum absolute atomic E-state index is 0.0247. The van der Waals surface area contributed by atoms with Crippen LogP contribution in [0.2, 0.25) is 0 Å². The fraction of sp³-hybridized carbons (Fsp3) is 0.219. The van der Waals surface area contributed by atoms with Crippen molar-refractivity contribution in [3.8, 4) is 23.0 Å². The Morgan fingerprint density at radius 3 is 2.34 bits per heavy atom. The molecule has 9 heteroatoms. The monoisotopic (exact) mass is 560 g/mol. The Labute approximate surface area is 238 Å². The van der Waals surface area contributed by atoms with Crippen LogP contribution < -0.4 is 18.9 Å². The van der Waals surface area contributed by atoms with Crippen molar-refractivity contribution in [1.82, 2.24) is 0 Å². The van der Waals surface area contributed by atoms with Gasteiger partial charge >= 0.3 is 17.9 Å². The lowest BCUT2D eigenvalue weighted by molar-refractivity contribution is -0.135. The Bertz CT molecular complexity index is 1410. The molecule has 0 spiro atoms. The van der Waals surface area contributed by atoms with Crippen LogP contribution in [0, 0.1) is 0 Å². The minimum Gasteiger partial charge on any atom is -0.493 e. The van der Waals surface area contributed by atoms with Crippen LogP contribution in [0.3, 0.4) is 0 Å². The molecular formula is C32H32O9. The molecule has 0 aliphatic heterocycles. The number of aliphatic hydroxyl groups is 1. The Kier molecular flexibility index (Phi) is 10.8. The van der Waals surface area contributed by atoms with Crippen LogP contribution in [0.5, 0.6) is 23.0 Å². The fourth-order valence-electron chi connectivity index (χ4n) is 3.73. The van der Waals surface area contributed by atoms with E-state index in [1.165, 1.54) is 25.3 Å². The highest BCUT2D eigenvalue weighted by Gasteiger charge is 2.17. The molecule has 0 amide bonds. The maximum Gasteiger partial charge on any atom is 0.338 e. The van der Waals surface area contributed by atoms with Crippen molar-refractivity contribution < 1.29 is 43.2 Å². The van der Waals surface area contributed by atoms with Gasteiger partial charge in [0, 0.05) is 24.5 Å². The Hall–Kier alpha value is -4.89. The predicted molar refractivity (Wildman–Crippen MR) is 152 cm³/mol. The summed E-state index contributed by atoms with van der Waals surface area (Å²) >= 11 is 0. The zero-order valence-corrected chi connectivity index (χ0v) is 23.0. The molecule has 9 nitrogen and oxygen atoms in total. The average Bonchev–Trinajstić information content (AvgIpc) is 2.97. The number of aryl methyl sites for hydroxylation is 1. The molecule has 41 heavy (non-hydrogen) atoms. The van der Waals surface area contributed by atoms with Crippen molar-refractivity contribution in [2.45, 2.75) is 38.9 Å². The molecule has 0 saturated carbocycles. The molecule has 0 heterocycles. The fourth-order valence-corrected chi connectivity index (χ4v) is 3.73. The number of carbonyl (C=O) groups excluding carboxylic acids is 3. The van der Waals surface area contributed by atoms with Crippen LogP contribution >= 0.6 is 0 Å². The maximum atomic E-state index is 12.7. The molecule has 0 saturated heterocycles. The summed E-state index contributed by atoms with van der Waals surface area (Å²) in [7, 11) is 1.49. The van der Waals surface area contributed by atoms with Gasteiger partial charge in [-0.25, -0.2) is 9.59 Å². The number of rotatable bonds is 13. The van der Waals surface area contributed by atoms with Crippen LogP contribution in [-0.4, -0.2) is 36.4 Å². The largest absolute Gasteiger partial charge is 0.493 e. The molecule has 2 aromatic rings. The molecule has 0 radical (unpaired) electrons. The van der Waals surface area contributed by atoms with Crippen molar-refractivity contribution in [2.75, 3.05) is 7.11 Å². The van der Waals surface area contributed by atoms with E-state index in [4.69, 9.17) is 23.7 Å². The van der Waals surface area contributed by atoms with E-state index in [-0.39, 0.29) is 30.1 Å². The van der Waals surface area contributed by atoms with Gasteiger partial charge in [-0.2, -0.15) is 0 Å². The second-order valence-electron chi connectivity index (χ2n) is 8.98. The van der Waals surface area contributed by atoms with E-state index in [2.05, 4.69) is 19.7 Å². The van der Waals surface area contributed by atoms with E-state index in [9.17, 15) is 19.5 Å². The SMILES string of the molecule is C=CC(=O)Oc1cc(CCC(=O)Oc2ccc(C3=CC=C(OC(=O)C(=C)C)CC3)cc2OC)ccc1OC(O)C=C. The normalized spacial score (nSPS) is 13.0. The number of ether oxygens (including phenoxy) is 5. The molecule has 1 aliphatic rings. The van der Waals surface area contributed by atoms with Crippen LogP contribution in [0.4, 0.5) is 0 Å². The lowest BCUT2D eigenvalue weighted by Gasteiger charge is -2.17. The van der Waals surface area contributed by atoms with Gasteiger partial charge in [-0.3, -0.25) is 4.79 Å². The second-order valence-corrected chi connectivity index (χ2v) is 8.98. The third-order valence-corrected chi connectivity index (χ3v) is 5.89. The van der Waals surface area contributed by atoms with Gasteiger partial charge < -0.3 is 28.8 Å². The minimum atomic E-state index is -1.30. The summed E-state index contributed by atoms with van der Waals surface area (Å²) in [6.45, 7) is 12.0. The van der Waals surface area contributed by atoms with Crippen molar-refractivity contribution in [2.24, 2.45) is 0 Å². The van der Waals surface area contributed by atoms with Gasteiger partial charge in [0.25, 0.3) is 0 Å². The molecule has 214 valence electrons. The summed E-state index contributed by atoms with van der Waals surface area (Å²) in [5, 5.41) is 9.71. The lowest BCUT2D eigenvalue weighted by Crippen LogP contribution is -2.14. The molecule has 0 bridgehead atoms. The first-order chi connectivity index (χ1) is 19.6. The highest BCUT2D eigenvalue weighted by molar-refractivity contribution is 5.88. The van der Waals surface area contributed by atoms with Crippen molar-refractivity contribution in [3.63, 3.8) is 0 Å². The van der Waals surface area contributed by atoms with E-state index in [0.29, 0.717) is 35.5 Å². The van der Waals surface area contributed by atoms with E-state index >= 15 is 0 Å². The van der Waals surface area contributed by atoms with Gasteiger partial charge in [0.05, 0.1) is 7.11 Å². The molecule has 1 unspecified atom stereocenters. The first-order valence-corrected chi connectivity index (χ1v) is 12.7. The Balaban J connectivity index is 1.66. The zero-order valence-electron chi connectivity index (χ0n) is 23.0. The van der Waals surface area contributed by atoms with E-state index in [0.717, 1.165) is 17.2 Å². The summed E-state index contributed by atoms with van der Waals surface area (Å²) in [6, 6.07) is 10.00. The molecule has 3 rings (SSSR count). The molecule has 0 fully saturated rings. The first kappa shape index (κ1) is 30.6. The van der Waals surface area contributed by atoms with E-state index < -0.39 is 24.2 Å². The smallest absolute Gasteiger partial charge is 0.338 e. The molecule has 1 aliphatic carbocycles. The molecule has 1 atom stereocenters. The number of aliphatic hydroxyl groups excluding tert-OH is 1. The van der Waals surface area contributed by atoms with Gasteiger partial charge in [-0.15, -0.1) is 0 Å². The van der Waals surface area contributed by atoms with Gasteiger partial charge in [-0.1, -0.05) is 37.9 Å². The third-order valence-electron chi connectivity index (χ3n) is 5.89. The highest BCUT2D eigenvalue weighted by Crippen LogP contribution is 2.35. The lowest BCUT2D eigenvalue weighted by atomic mass is 9.96. The number of carbonyl (C=O) groups is 3. The molecule has 0 aromatic heterocycles. The Morgan fingerprint density at radius 1 is 0.951 bits per heavy atom. The van der Waals surface area contributed by atoms with Crippen LogP contribution in [0.25, 0.3) is 5.57 Å². The number of allylic oxidation sites excluding steroid dienone is 4. The summed E-state index contributed by atoms with van der Waals surface area (Å²) < 4.78 is 26.8. The van der Waals surface area contributed by atoms with Crippen LogP contribution in [-0.2, 0) is 25.5 Å². The van der Waals surface area contributed by atoms with Crippen LogP contribution in [0.1, 0.15) is 37.3 Å². The van der Waals surface area contributed by atoms with Gasteiger partial charge in [0.1, 0.15) is 5.76 Å². The Morgan fingerprint density at radius 2 is 1.71 bits per heavy atom. The summed E-state index contributed by atoms with van der Waals surface area (Å²) in [5.41, 5.74) is 2.90. The summed E-state index contributed by atoms with van der Waals surface area (Å²) in [6.07, 6.45) is 6.01. The van der Waals surface area contributed by atoms with E-state index in [1.54, 1.807) is 31.2 Å². The molecule has 2 aromatic carbocycles. The third kappa shape index (κ3) is 8.81. The highest BCUT2D eigenvalue weighted by atomic mass is 16.6. The quantitative estimate of drug-likeness (QED) is 0.113. The standard InChI is InChI=1S/C32H32O9/c1-6-29(33)39-26-15-8-21(18-28(26)41-30(34)7-2)9-17-31(35)40-25-16-12-23(19-27(25)37-5)22-10-13-24(14-11-22)38-32(36)20(3)4/h6-8,10,12-13,15-16,18-19,29,33H,1-3,9,11,14,17H2,4-5H3. The number of esters is 3. The first-order valence-electron chi connectivity index (χ1n) is 12.7. The van der Waals surface area contributed by atoms with Gasteiger partial charge in [0.15, 0.2) is 23.0 Å². The second kappa shape index (κ2) is 14.5. The van der Waals surface area contributed by atoms with E-state index in [1.807, 2.05) is 12.1 Å². The number of methoxy groups -OCH3 is 1. The number of benzene rings is 2. The van der Waals surface area contributed by atoms with Gasteiger partial charge in [0.2, 0.25) is 6.29 Å². The predicted octanol–water partition coefficient (Wildman–Crippen LogP) is 5.39. The summed E-state index contributed by atoms with van der Waals surface area (Å²) in [4.78, 5) is 36.1. The number of hydrogen-bond acceptors (Lipinski definition) is 9. The number of hydrogen-bond donors (Lipinski definition) is 1. The van der Waals surface area contributed by atoms with Crippen LogP contribution in [0.15, 0.2) is 91.8 Å². The zero-order chi connectivity index (χ0) is 29.9. The topological polar surface area (TPSA) is 118 Å². The summed E-state index contributed by atoms with van der Waals surface area (Å²) in [5.74, 6) is -0.237. The average molecular weight is 561 g/mol.